The van der Waals surface area contributed by atoms with Gasteiger partial charge in [-0.25, -0.2) is 8.42 Å². The molecule has 0 saturated heterocycles. The lowest BCUT2D eigenvalue weighted by Gasteiger charge is -2.11. The number of halogens is 1. The van der Waals surface area contributed by atoms with Crippen molar-refractivity contribution in [1.82, 2.24) is 10.9 Å². The van der Waals surface area contributed by atoms with Crippen LogP contribution in [0, 0.1) is 13.8 Å². The predicted molar refractivity (Wildman–Crippen MR) is 102 cm³/mol. The number of aryl methyl sites for hydroxylation is 2. The maximum Gasteiger partial charge on any atom is 0.276 e. The second-order valence-corrected chi connectivity index (χ2v) is 8.37. The van der Waals surface area contributed by atoms with Crippen LogP contribution in [0.4, 0.5) is 0 Å². The van der Waals surface area contributed by atoms with Gasteiger partial charge in [0.2, 0.25) is 0 Å². The van der Waals surface area contributed by atoms with Crippen LogP contribution in [0.1, 0.15) is 21.5 Å². The molecule has 0 unspecified atom stereocenters. The fraction of sp³-hybridized carbons (Fsp3) is 0.222. The van der Waals surface area contributed by atoms with Crippen molar-refractivity contribution in [3.05, 3.63) is 58.1 Å². The topological polar surface area (TPSA) is 102 Å². The summed E-state index contributed by atoms with van der Waals surface area (Å²) in [6, 6.07) is 9.18. The predicted octanol–water partition coefficient (Wildman–Crippen LogP) is 2.20. The molecular weight excluding hydrogens is 392 g/mol. The number of carbonyl (C=O) groups excluding carboxylic acids is 2. The molecule has 9 heteroatoms. The van der Waals surface area contributed by atoms with Crippen LogP contribution in [-0.4, -0.2) is 33.1 Å². The maximum atomic E-state index is 12.2. The van der Waals surface area contributed by atoms with E-state index in [9.17, 15) is 18.0 Å². The Labute approximate surface area is 162 Å². The third-order valence-corrected chi connectivity index (χ3v) is 5.23. The van der Waals surface area contributed by atoms with Crippen molar-refractivity contribution < 1.29 is 22.7 Å². The molecule has 0 aliphatic rings. The summed E-state index contributed by atoms with van der Waals surface area (Å²) in [5.41, 5.74) is 5.99. The molecule has 0 aliphatic heterocycles. The fourth-order valence-corrected chi connectivity index (χ4v) is 2.93. The van der Waals surface area contributed by atoms with E-state index in [4.69, 9.17) is 16.3 Å². The zero-order valence-electron chi connectivity index (χ0n) is 15.0. The van der Waals surface area contributed by atoms with Crippen molar-refractivity contribution in [2.45, 2.75) is 18.7 Å². The van der Waals surface area contributed by atoms with E-state index in [0.717, 1.165) is 11.8 Å². The summed E-state index contributed by atoms with van der Waals surface area (Å²) in [4.78, 5) is 24.1. The van der Waals surface area contributed by atoms with Crippen LogP contribution >= 0.6 is 11.6 Å². The van der Waals surface area contributed by atoms with Gasteiger partial charge in [-0.1, -0.05) is 17.7 Å². The van der Waals surface area contributed by atoms with E-state index >= 15 is 0 Å². The van der Waals surface area contributed by atoms with Crippen LogP contribution in [0.2, 0.25) is 5.02 Å². The van der Waals surface area contributed by atoms with E-state index in [1.165, 1.54) is 18.2 Å². The molecule has 2 rings (SSSR count). The van der Waals surface area contributed by atoms with Gasteiger partial charge in [0.1, 0.15) is 5.75 Å². The molecule has 0 spiro atoms. The average molecular weight is 411 g/mol. The lowest BCUT2D eigenvalue weighted by molar-refractivity contribution is -0.123. The zero-order valence-corrected chi connectivity index (χ0v) is 16.6. The molecule has 144 valence electrons. The Hall–Kier alpha value is -2.58. The number of ether oxygens (including phenoxy) is 1. The van der Waals surface area contributed by atoms with E-state index in [1.54, 1.807) is 25.1 Å². The van der Waals surface area contributed by atoms with Crippen molar-refractivity contribution in [2.24, 2.45) is 0 Å². The molecule has 0 bridgehead atoms. The molecule has 0 aromatic heterocycles. The van der Waals surface area contributed by atoms with Gasteiger partial charge in [0, 0.05) is 16.8 Å². The minimum Gasteiger partial charge on any atom is -0.484 e. The Balaban J connectivity index is 1.95. The van der Waals surface area contributed by atoms with Gasteiger partial charge in [-0.3, -0.25) is 20.4 Å². The maximum absolute atomic E-state index is 12.2. The molecule has 0 fully saturated rings. The van der Waals surface area contributed by atoms with Crippen LogP contribution < -0.4 is 15.6 Å². The van der Waals surface area contributed by atoms with Crippen LogP contribution in [0.3, 0.4) is 0 Å². The normalized spacial score (nSPS) is 11.0. The molecule has 7 nitrogen and oxygen atoms in total. The monoisotopic (exact) mass is 410 g/mol. The van der Waals surface area contributed by atoms with E-state index in [0.29, 0.717) is 16.3 Å². The van der Waals surface area contributed by atoms with Gasteiger partial charge in [-0.2, -0.15) is 0 Å². The molecule has 0 heterocycles. The number of hydrazine groups is 1. The molecule has 2 amide bonds. The number of hydrogen-bond acceptors (Lipinski definition) is 5. The van der Waals surface area contributed by atoms with Gasteiger partial charge in [0.05, 0.1) is 4.90 Å². The lowest BCUT2D eigenvalue weighted by Crippen LogP contribution is -2.44. The second kappa shape index (κ2) is 8.41. The first-order valence-corrected chi connectivity index (χ1v) is 10.1. The van der Waals surface area contributed by atoms with Crippen LogP contribution in [-0.2, 0) is 14.6 Å². The molecule has 27 heavy (non-hydrogen) atoms. The van der Waals surface area contributed by atoms with Gasteiger partial charge in [0.25, 0.3) is 11.8 Å². The molecule has 2 aromatic rings. The van der Waals surface area contributed by atoms with E-state index in [1.807, 2.05) is 6.92 Å². The minimum absolute atomic E-state index is 0.0195. The van der Waals surface area contributed by atoms with E-state index in [2.05, 4.69) is 10.9 Å². The number of carbonyl (C=O) groups is 2. The SMILES string of the molecule is Cc1cc(OCC(=O)NNC(=O)c2cc(S(C)(=O)=O)ccc2C)ccc1Cl. The van der Waals surface area contributed by atoms with Gasteiger partial charge in [0.15, 0.2) is 16.4 Å². The van der Waals surface area contributed by atoms with Crippen molar-refractivity contribution in [3.8, 4) is 5.75 Å². The average Bonchev–Trinajstić information content (AvgIpc) is 2.60. The van der Waals surface area contributed by atoms with Crippen molar-refractivity contribution in [3.63, 3.8) is 0 Å². The summed E-state index contributed by atoms with van der Waals surface area (Å²) in [5, 5.41) is 0.589. The van der Waals surface area contributed by atoms with Crippen LogP contribution in [0.25, 0.3) is 0 Å². The van der Waals surface area contributed by atoms with Crippen LogP contribution in [0.5, 0.6) is 5.75 Å². The minimum atomic E-state index is -3.45. The van der Waals surface area contributed by atoms with E-state index in [-0.39, 0.29) is 17.1 Å². The summed E-state index contributed by atoms with van der Waals surface area (Å²) in [7, 11) is -3.45. The van der Waals surface area contributed by atoms with Gasteiger partial charge < -0.3 is 4.74 Å². The highest BCUT2D eigenvalue weighted by Gasteiger charge is 2.15. The number of sulfone groups is 1. The van der Waals surface area contributed by atoms with Crippen molar-refractivity contribution in [2.75, 3.05) is 12.9 Å². The Morgan fingerprint density at radius 3 is 2.37 bits per heavy atom. The Bertz CT molecular complexity index is 989. The number of nitrogens with one attached hydrogen (secondary N) is 2. The first kappa shape index (κ1) is 20.7. The zero-order chi connectivity index (χ0) is 20.2. The van der Waals surface area contributed by atoms with Crippen molar-refractivity contribution in [1.29, 1.82) is 0 Å². The summed E-state index contributed by atoms with van der Waals surface area (Å²) >= 11 is 5.92. The smallest absolute Gasteiger partial charge is 0.276 e. The standard InChI is InChI=1S/C18H19ClN2O5S/c1-11-4-6-14(27(3,24)25)9-15(11)18(23)21-20-17(22)10-26-13-5-7-16(19)12(2)8-13/h4-9H,10H2,1-3H3,(H,20,22)(H,21,23). The highest BCUT2D eigenvalue weighted by atomic mass is 35.5. The molecule has 0 aliphatic carbocycles. The lowest BCUT2D eigenvalue weighted by atomic mass is 10.1. The Kier molecular flexibility index (Phi) is 6.45. The van der Waals surface area contributed by atoms with Crippen molar-refractivity contribution >= 4 is 33.3 Å². The highest BCUT2D eigenvalue weighted by molar-refractivity contribution is 7.90. The number of amides is 2. The Morgan fingerprint density at radius 2 is 1.74 bits per heavy atom. The molecule has 0 atom stereocenters. The third kappa shape index (κ3) is 5.70. The van der Waals surface area contributed by atoms with Gasteiger partial charge in [-0.15, -0.1) is 0 Å². The van der Waals surface area contributed by atoms with Gasteiger partial charge >= 0.3 is 0 Å². The number of hydrogen-bond donors (Lipinski definition) is 2. The quantitative estimate of drug-likeness (QED) is 0.736. The molecule has 0 radical (unpaired) electrons. The van der Waals surface area contributed by atoms with Gasteiger partial charge in [-0.05, 0) is 55.3 Å². The first-order valence-electron chi connectivity index (χ1n) is 7.87. The fourth-order valence-electron chi connectivity index (χ4n) is 2.16. The summed E-state index contributed by atoms with van der Waals surface area (Å²) in [6.07, 6.45) is 1.05. The summed E-state index contributed by atoms with van der Waals surface area (Å²) in [5.74, 6) is -0.739. The van der Waals surface area contributed by atoms with Crippen LogP contribution in [0.15, 0.2) is 41.3 Å². The second-order valence-electron chi connectivity index (χ2n) is 5.95. The largest absolute Gasteiger partial charge is 0.484 e. The highest BCUT2D eigenvalue weighted by Crippen LogP contribution is 2.20. The number of rotatable bonds is 5. The Morgan fingerprint density at radius 1 is 1.04 bits per heavy atom. The summed E-state index contributed by atoms with van der Waals surface area (Å²) < 4.78 is 28.6. The summed E-state index contributed by atoms with van der Waals surface area (Å²) in [6.45, 7) is 3.15. The molecule has 0 saturated carbocycles. The number of benzene rings is 2. The van der Waals surface area contributed by atoms with E-state index < -0.39 is 21.7 Å². The third-order valence-electron chi connectivity index (χ3n) is 3.70. The first-order chi connectivity index (χ1) is 12.6. The molecular formula is C18H19ClN2O5S. The molecule has 2 aromatic carbocycles. The molecule has 2 N–H and O–H groups in total.